The molecule has 0 spiro atoms. The lowest BCUT2D eigenvalue weighted by molar-refractivity contribution is -0.384. The topological polar surface area (TPSA) is 165 Å². The van der Waals surface area contributed by atoms with Crippen molar-refractivity contribution in [2.24, 2.45) is 5.73 Å². The predicted octanol–water partition coefficient (Wildman–Crippen LogP) is 0.760. The number of benzene rings is 2. The minimum Gasteiger partial charge on any atom is -0.379 e. The number of rotatable bonds is 9. The lowest BCUT2D eigenvalue weighted by Crippen LogP contribution is -2.47. The molecule has 12 heteroatoms. The Morgan fingerprint density at radius 1 is 1.25 bits per heavy atom. The minimum atomic E-state index is -4.21. The third-order valence-corrected chi connectivity index (χ3v) is 6.81. The van der Waals surface area contributed by atoms with Gasteiger partial charge >= 0.3 is 0 Å². The Kier molecular flexibility index (Phi) is 7.05. The second kappa shape index (κ2) is 9.75. The molecule has 0 aromatic heterocycles. The number of anilines is 1. The van der Waals surface area contributed by atoms with E-state index < -0.39 is 26.4 Å². The molecule has 0 saturated carbocycles. The Labute approximate surface area is 184 Å². The highest BCUT2D eigenvalue weighted by Crippen LogP contribution is 2.31. The standard InChI is InChI=1S/C20H23N5O6S/c21-20(27)15-4-1-2-5-18(15)32(30,31)14-6-7-16(17(12-14)25(28)29)22-8-3-10-24-11-9-23-19(26)13-24/h1-2,4-7,12,22H,3,8-11,13H2,(H2,21,27)(H,23,26). The Hall–Kier alpha value is -3.51. The number of sulfone groups is 1. The summed E-state index contributed by atoms with van der Waals surface area (Å²) in [6.07, 6.45) is 0.635. The Morgan fingerprint density at radius 3 is 2.69 bits per heavy atom. The van der Waals surface area contributed by atoms with Crippen molar-refractivity contribution in [3.8, 4) is 0 Å². The van der Waals surface area contributed by atoms with Crippen molar-refractivity contribution in [3.05, 3.63) is 58.1 Å². The number of piperazine rings is 1. The molecule has 1 aliphatic rings. The van der Waals surface area contributed by atoms with Crippen LogP contribution < -0.4 is 16.4 Å². The van der Waals surface area contributed by atoms with E-state index in [9.17, 15) is 28.1 Å². The smallest absolute Gasteiger partial charge is 0.293 e. The van der Waals surface area contributed by atoms with E-state index in [0.29, 0.717) is 32.6 Å². The summed E-state index contributed by atoms with van der Waals surface area (Å²) in [7, 11) is -4.21. The van der Waals surface area contributed by atoms with Crippen molar-refractivity contribution in [2.75, 3.05) is 38.0 Å². The fourth-order valence-electron chi connectivity index (χ4n) is 3.42. The summed E-state index contributed by atoms with van der Waals surface area (Å²) in [4.78, 5) is 35.3. The number of carbonyl (C=O) groups excluding carboxylic acids is 2. The normalized spacial score (nSPS) is 14.6. The lowest BCUT2D eigenvalue weighted by atomic mass is 10.2. The quantitative estimate of drug-likeness (QED) is 0.280. The number of nitrogens with one attached hydrogen (secondary N) is 2. The molecule has 0 aliphatic carbocycles. The summed E-state index contributed by atoms with van der Waals surface area (Å²) >= 11 is 0. The molecule has 170 valence electrons. The predicted molar refractivity (Wildman–Crippen MR) is 116 cm³/mol. The molecule has 4 N–H and O–H groups in total. The van der Waals surface area contributed by atoms with E-state index >= 15 is 0 Å². The molecule has 2 amide bonds. The molecule has 11 nitrogen and oxygen atoms in total. The third-order valence-electron chi connectivity index (χ3n) is 5.00. The number of primary amides is 1. The van der Waals surface area contributed by atoms with Crippen LogP contribution >= 0.6 is 0 Å². The molecule has 2 aromatic carbocycles. The molecule has 0 bridgehead atoms. The highest BCUT2D eigenvalue weighted by molar-refractivity contribution is 7.91. The molecular weight excluding hydrogens is 438 g/mol. The third kappa shape index (κ3) is 5.21. The number of nitro benzene ring substituents is 1. The Morgan fingerprint density at radius 2 is 2.00 bits per heavy atom. The number of nitrogens with zero attached hydrogens (tertiary/aromatic N) is 2. The second-order valence-electron chi connectivity index (χ2n) is 7.21. The summed E-state index contributed by atoms with van der Waals surface area (Å²) in [6.45, 7) is 2.69. The maximum atomic E-state index is 13.0. The molecule has 3 rings (SSSR count). The van der Waals surface area contributed by atoms with Crippen LogP contribution in [-0.4, -0.2) is 62.8 Å². The van der Waals surface area contributed by atoms with E-state index in [0.717, 1.165) is 12.6 Å². The van der Waals surface area contributed by atoms with Gasteiger partial charge in [-0.3, -0.25) is 24.6 Å². The fraction of sp³-hybridized carbons (Fsp3) is 0.300. The van der Waals surface area contributed by atoms with E-state index in [-0.39, 0.29) is 26.9 Å². The zero-order valence-electron chi connectivity index (χ0n) is 17.1. The molecular formula is C20H23N5O6S. The van der Waals surface area contributed by atoms with Gasteiger partial charge in [0.1, 0.15) is 5.69 Å². The van der Waals surface area contributed by atoms with E-state index in [1.54, 1.807) is 0 Å². The van der Waals surface area contributed by atoms with Gasteiger partial charge in [-0.1, -0.05) is 12.1 Å². The number of hydrogen-bond donors (Lipinski definition) is 3. The van der Waals surface area contributed by atoms with Crippen LogP contribution in [0, 0.1) is 10.1 Å². The number of nitro groups is 1. The van der Waals surface area contributed by atoms with Crippen LogP contribution in [0.3, 0.4) is 0 Å². The van der Waals surface area contributed by atoms with E-state index in [1.807, 2.05) is 4.90 Å². The molecule has 0 unspecified atom stereocenters. The average Bonchev–Trinajstić information content (AvgIpc) is 2.76. The number of carbonyl (C=O) groups is 2. The zero-order chi connectivity index (χ0) is 23.3. The summed E-state index contributed by atoms with van der Waals surface area (Å²) in [5.41, 5.74) is 4.85. The van der Waals surface area contributed by atoms with Crippen LogP contribution in [0.15, 0.2) is 52.3 Å². The van der Waals surface area contributed by atoms with Crippen molar-refractivity contribution < 1.29 is 22.9 Å². The van der Waals surface area contributed by atoms with Gasteiger partial charge in [-0.2, -0.15) is 0 Å². The van der Waals surface area contributed by atoms with Gasteiger partial charge in [0.2, 0.25) is 21.7 Å². The van der Waals surface area contributed by atoms with Crippen LogP contribution in [0.1, 0.15) is 16.8 Å². The first-order valence-electron chi connectivity index (χ1n) is 9.85. The first kappa shape index (κ1) is 23.2. The summed E-state index contributed by atoms with van der Waals surface area (Å²) in [6, 6.07) is 8.97. The molecule has 0 radical (unpaired) electrons. The maximum Gasteiger partial charge on any atom is 0.293 e. The minimum absolute atomic E-state index is 0.0328. The molecule has 0 atom stereocenters. The maximum absolute atomic E-state index is 13.0. The average molecular weight is 462 g/mol. The molecule has 1 fully saturated rings. The van der Waals surface area contributed by atoms with E-state index in [4.69, 9.17) is 5.73 Å². The number of amides is 2. The van der Waals surface area contributed by atoms with Gasteiger partial charge < -0.3 is 16.4 Å². The first-order valence-corrected chi connectivity index (χ1v) is 11.3. The van der Waals surface area contributed by atoms with Crippen LogP contribution in [0.4, 0.5) is 11.4 Å². The highest BCUT2D eigenvalue weighted by Gasteiger charge is 2.26. The van der Waals surface area contributed by atoms with Gasteiger partial charge in [-0.05, 0) is 30.7 Å². The molecule has 1 aliphatic heterocycles. The van der Waals surface area contributed by atoms with Crippen LogP contribution in [0.5, 0.6) is 0 Å². The Bertz CT molecular complexity index is 1150. The van der Waals surface area contributed by atoms with Gasteiger partial charge in [0, 0.05) is 32.2 Å². The summed E-state index contributed by atoms with van der Waals surface area (Å²) in [5, 5.41) is 17.3. The van der Waals surface area contributed by atoms with Crippen molar-refractivity contribution in [2.45, 2.75) is 16.2 Å². The van der Waals surface area contributed by atoms with Crippen LogP contribution in [0.2, 0.25) is 0 Å². The first-order chi connectivity index (χ1) is 15.2. The largest absolute Gasteiger partial charge is 0.379 e. The number of nitrogens with two attached hydrogens (primary N) is 1. The van der Waals surface area contributed by atoms with Gasteiger partial charge in [-0.25, -0.2) is 8.42 Å². The molecule has 2 aromatic rings. The monoisotopic (exact) mass is 461 g/mol. The molecule has 1 saturated heterocycles. The van der Waals surface area contributed by atoms with Gasteiger partial charge in [-0.15, -0.1) is 0 Å². The summed E-state index contributed by atoms with van der Waals surface area (Å²) in [5.74, 6) is -0.947. The van der Waals surface area contributed by atoms with Gasteiger partial charge in [0.25, 0.3) is 5.69 Å². The SMILES string of the molecule is NC(=O)c1ccccc1S(=O)(=O)c1ccc(NCCCN2CCNC(=O)C2)c([N+](=O)[O-])c1. The van der Waals surface area contributed by atoms with Crippen molar-refractivity contribution in [3.63, 3.8) is 0 Å². The van der Waals surface area contributed by atoms with Crippen LogP contribution in [-0.2, 0) is 14.6 Å². The second-order valence-corrected chi connectivity index (χ2v) is 9.12. The van der Waals surface area contributed by atoms with E-state index in [2.05, 4.69) is 10.6 Å². The van der Waals surface area contributed by atoms with Gasteiger partial charge in [0.15, 0.2) is 0 Å². The highest BCUT2D eigenvalue weighted by atomic mass is 32.2. The van der Waals surface area contributed by atoms with Gasteiger partial charge in [0.05, 0.1) is 26.8 Å². The number of hydrogen-bond acceptors (Lipinski definition) is 8. The molecule has 1 heterocycles. The van der Waals surface area contributed by atoms with Crippen molar-refractivity contribution >= 4 is 33.0 Å². The fourth-order valence-corrected chi connectivity index (χ4v) is 4.90. The van der Waals surface area contributed by atoms with Crippen molar-refractivity contribution in [1.82, 2.24) is 10.2 Å². The Balaban J connectivity index is 1.77. The zero-order valence-corrected chi connectivity index (χ0v) is 17.9. The molecule has 32 heavy (non-hydrogen) atoms. The van der Waals surface area contributed by atoms with Crippen LogP contribution in [0.25, 0.3) is 0 Å². The van der Waals surface area contributed by atoms with Crippen molar-refractivity contribution in [1.29, 1.82) is 0 Å². The van der Waals surface area contributed by atoms with E-state index in [1.165, 1.54) is 36.4 Å². The summed E-state index contributed by atoms with van der Waals surface area (Å²) < 4.78 is 26.0. The lowest BCUT2D eigenvalue weighted by Gasteiger charge is -2.26.